The second-order valence-corrected chi connectivity index (χ2v) is 8.77. The molecule has 0 saturated carbocycles. The van der Waals surface area contributed by atoms with Gasteiger partial charge in [-0.2, -0.15) is 0 Å². The average molecular weight is 405 g/mol. The van der Waals surface area contributed by atoms with Gasteiger partial charge in [0.2, 0.25) is 5.78 Å². The van der Waals surface area contributed by atoms with Crippen LogP contribution in [0, 0.1) is 5.92 Å². The van der Waals surface area contributed by atoms with Gasteiger partial charge in [-0.3, -0.25) is 13.8 Å². The molecule has 0 unspecified atom stereocenters. The van der Waals surface area contributed by atoms with Gasteiger partial charge in [-0.05, 0) is 35.1 Å². The number of thiophene rings is 1. The Hall–Kier alpha value is -1.83. The molecule has 0 aliphatic rings. The zero-order valence-corrected chi connectivity index (χ0v) is 16.7. The lowest BCUT2D eigenvalue weighted by Gasteiger charge is -2.11. The van der Waals surface area contributed by atoms with Crippen molar-refractivity contribution in [3.05, 3.63) is 56.7 Å². The molecule has 4 rings (SSSR count). The van der Waals surface area contributed by atoms with Crippen LogP contribution in [0.2, 0.25) is 5.02 Å². The molecule has 0 saturated heterocycles. The third kappa shape index (κ3) is 3.15. The van der Waals surface area contributed by atoms with Gasteiger partial charge in [0.05, 0.1) is 5.52 Å². The summed E-state index contributed by atoms with van der Waals surface area (Å²) >= 11 is 9.02. The van der Waals surface area contributed by atoms with Gasteiger partial charge in [0.1, 0.15) is 4.70 Å². The molecule has 8 heteroatoms. The van der Waals surface area contributed by atoms with E-state index in [1.54, 1.807) is 16.3 Å². The van der Waals surface area contributed by atoms with E-state index in [1.165, 1.54) is 11.3 Å². The summed E-state index contributed by atoms with van der Waals surface area (Å²) in [5.74, 6) is 1.70. The highest BCUT2D eigenvalue weighted by molar-refractivity contribution is 7.98. The van der Waals surface area contributed by atoms with E-state index < -0.39 is 0 Å². The maximum absolute atomic E-state index is 12.8. The predicted octanol–water partition coefficient (Wildman–Crippen LogP) is 4.71. The van der Waals surface area contributed by atoms with Crippen molar-refractivity contribution >= 4 is 50.7 Å². The number of benzene rings is 1. The summed E-state index contributed by atoms with van der Waals surface area (Å²) in [4.78, 5) is 12.8. The number of thioether (sulfide) groups is 1. The quantitative estimate of drug-likeness (QED) is 0.452. The van der Waals surface area contributed by atoms with Gasteiger partial charge in [-0.1, -0.05) is 49.3 Å². The molecule has 0 spiro atoms. The van der Waals surface area contributed by atoms with Gasteiger partial charge in [0.25, 0.3) is 5.56 Å². The summed E-state index contributed by atoms with van der Waals surface area (Å²) in [6.45, 7) is 4.80. The van der Waals surface area contributed by atoms with Crippen LogP contribution in [0.1, 0.15) is 19.4 Å². The number of hydrogen-bond acceptors (Lipinski definition) is 5. The van der Waals surface area contributed by atoms with Crippen molar-refractivity contribution in [2.75, 3.05) is 0 Å². The Kier molecular flexibility index (Phi) is 4.77. The summed E-state index contributed by atoms with van der Waals surface area (Å²) < 4.78 is 4.48. The third-order valence-corrected chi connectivity index (χ3v) is 6.16. The van der Waals surface area contributed by atoms with Gasteiger partial charge in [0.15, 0.2) is 5.16 Å². The first-order valence-electron chi connectivity index (χ1n) is 8.27. The number of nitrogens with zero attached hydrogens (tertiary/aromatic N) is 4. The highest BCUT2D eigenvalue weighted by Gasteiger charge is 2.18. The molecule has 0 fully saturated rings. The minimum atomic E-state index is 0.0119. The summed E-state index contributed by atoms with van der Waals surface area (Å²) in [5.41, 5.74) is 2.05. The molecule has 3 heterocycles. The molecule has 26 heavy (non-hydrogen) atoms. The SMILES string of the molecule is CC(C)Cn1c(=O)c2sccc2n2c(SCc3ccc(Cl)cc3)nnc12. The van der Waals surface area contributed by atoms with E-state index in [2.05, 4.69) is 24.0 Å². The maximum atomic E-state index is 12.8. The fourth-order valence-electron chi connectivity index (χ4n) is 2.85. The van der Waals surface area contributed by atoms with Crippen molar-refractivity contribution in [1.29, 1.82) is 0 Å². The largest absolute Gasteiger partial charge is 0.275 e. The van der Waals surface area contributed by atoms with Crippen LogP contribution in [0.5, 0.6) is 0 Å². The van der Waals surface area contributed by atoms with E-state index in [4.69, 9.17) is 11.6 Å². The van der Waals surface area contributed by atoms with Gasteiger partial charge >= 0.3 is 0 Å². The first kappa shape index (κ1) is 17.6. The number of hydrogen-bond donors (Lipinski definition) is 0. The Bertz CT molecular complexity index is 1130. The van der Waals surface area contributed by atoms with Crippen LogP contribution in [0.4, 0.5) is 0 Å². The Morgan fingerprint density at radius 3 is 2.69 bits per heavy atom. The van der Waals surface area contributed by atoms with Crippen LogP contribution in [-0.2, 0) is 12.3 Å². The molecule has 0 amide bonds. The predicted molar refractivity (Wildman–Crippen MR) is 108 cm³/mol. The molecule has 0 radical (unpaired) electrons. The first-order valence-corrected chi connectivity index (χ1v) is 10.5. The minimum Gasteiger partial charge on any atom is -0.275 e. The minimum absolute atomic E-state index is 0.0119. The fourth-order valence-corrected chi connectivity index (χ4v) is 4.70. The molecular formula is C18H17ClN4OS2. The second-order valence-electron chi connectivity index (χ2n) is 6.48. The molecule has 0 aliphatic carbocycles. The summed E-state index contributed by atoms with van der Waals surface area (Å²) in [6, 6.07) is 9.75. The van der Waals surface area contributed by atoms with Crippen molar-refractivity contribution in [1.82, 2.24) is 19.2 Å². The first-order chi connectivity index (χ1) is 12.5. The van der Waals surface area contributed by atoms with Crippen molar-refractivity contribution < 1.29 is 0 Å². The molecule has 0 N–H and O–H groups in total. The van der Waals surface area contributed by atoms with E-state index in [9.17, 15) is 4.79 Å². The van der Waals surface area contributed by atoms with Gasteiger partial charge in [0, 0.05) is 17.3 Å². The monoisotopic (exact) mass is 404 g/mol. The smallest absolute Gasteiger partial charge is 0.272 e. The molecule has 4 aromatic rings. The molecular weight excluding hydrogens is 388 g/mol. The van der Waals surface area contributed by atoms with E-state index in [0.29, 0.717) is 18.2 Å². The molecule has 1 aromatic carbocycles. The fraction of sp³-hybridized carbons (Fsp3) is 0.278. The van der Waals surface area contributed by atoms with Gasteiger partial charge in [-0.15, -0.1) is 21.5 Å². The zero-order valence-electron chi connectivity index (χ0n) is 14.3. The number of aromatic nitrogens is 4. The van der Waals surface area contributed by atoms with Crippen LogP contribution in [-0.4, -0.2) is 19.2 Å². The maximum Gasteiger partial charge on any atom is 0.272 e. The second kappa shape index (κ2) is 7.06. The van der Waals surface area contributed by atoms with Crippen LogP contribution >= 0.6 is 34.7 Å². The van der Waals surface area contributed by atoms with E-state index in [0.717, 1.165) is 31.7 Å². The van der Waals surface area contributed by atoms with Crippen molar-refractivity contribution in [3.63, 3.8) is 0 Å². The topological polar surface area (TPSA) is 52.2 Å². The van der Waals surface area contributed by atoms with Gasteiger partial charge in [-0.25, -0.2) is 0 Å². The van der Waals surface area contributed by atoms with Crippen LogP contribution in [0.15, 0.2) is 45.7 Å². The lowest BCUT2D eigenvalue weighted by molar-refractivity contribution is 0.517. The normalized spacial score (nSPS) is 11.8. The Balaban J connectivity index is 1.80. The van der Waals surface area contributed by atoms with E-state index in [-0.39, 0.29) is 5.56 Å². The molecule has 134 valence electrons. The van der Waals surface area contributed by atoms with Crippen LogP contribution in [0.3, 0.4) is 0 Å². The van der Waals surface area contributed by atoms with Crippen molar-refractivity contribution in [3.8, 4) is 0 Å². The lowest BCUT2D eigenvalue weighted by Crippen LogP contribution is -2.24. The van der Waals surface area contributed by atoms with Gasteiger partial charge < -0.3 is 0 Å². The molecule has 0 atom stereocenters. The molecule has 0 aliphatic heterocycles. The number of fused-ring (bicyclic) bond motifs is 3. The average Bonchev–Trinajstić information content (AvgIpc) is 3.24. The molecule has 0 bridgehead atoms. The van der Waals surface area contributed by atoms with E-state index in [1.807, 2.05) is 40.1 Å². The zero-order chi connectivity index (χ0) is 18.3. The van der Waals surface area contributed by atoms with Crippen molar-refractivity contribution in [2.24, 2.45) is 5.92 Å². The van der Waals surface area contributed by atoms with Crippen LogP contribution in [0.25, 0.3) is 16.0 Å². The highest BCUT2D eigenvalue weighted by Crippen LogP contribution is 2.27. The third-order valence-electron chi connectivity index (χ3n) is 4.01. The molecule has 3 aromatic heterocycles. The summed E-state index contributed by atoms with van der Waals surface area (Å²) in [5, 5.41) is 12.1. The Labute approximate surface area is 163 Å². The van der Waals surface area contributed by atoms with E-state index >= 15 is 0 Å². The summed E-state index contributed by atoms with van der Waals surface area (Å²) in [6.07, 6.45) is 0. The summed E-state index contributed by atoms with van der Waals surface area (Å²) in [7, 11) is 0. The Morgan fingerprint density at radius 2 is 1.96 bits per heavy atom. The Morgan fingerprint density at radius 1 is 1.19 bits per heavy atom. The number of rotatable bonds is 5. The van der Waals surface area contributed by atoms with Crippen LogP contribution < -0.4 is 5.56 Å². The standard InChI is InChI=1S/C18H17ClN4OS2/c1-11(2)9-22-16(24)15-14(7-8-25-15)23-17(22)20-21-18(23)26-10-12-3-5-13(19)6-4-12/h3-8,11H,9-10H2,1-2H3. The number of halogens is 1. The molecule has 5 nitrogen and oxygen atoms in total. The lowest BCUT2D eigenvalue weighted by atomic mass is 10.2. The van der Waals surface area contributed by atoms with Crippen molar-refractivity contribution in [2.45, 2.75) is 31.3 Å². The highest BCUT2D eigenvalue weighted by atomic mass is 35.5.